The number of nitrogens with two attached hydrogens (primary N) is 1. The molecule has 6 heteroatoms. The van der Waals surface area contributed by atoms with Crippen LogP contribution in [0.3, 0.4) is 0 Å². The molecule has 23 heavy (non-hydrogen) atoms. The molecule has 1 fully saturated rings. The van der Waals surface area contributed by atoms with E-state index in [9.17, 15) is 4.79 Å². The lowest BCUT2D eigenvalue weighted by molar-refractivity contribution is 0.0680. The number of carbonyl (C=O) groups excluding carboxylic acids is 1. The molecule has 0 spiro atoms. The van der Waals surface area contributed by atoms with E-state index in [1.54, 1.807) is 18.2 Å². The van der Waals surface area contributed by atoms with Crippen LogP contribution in [0.25, 0.3) is 0 Å². The molecule has 1 unspecified atom stereocenters. The molecule has 0 aliphatic carbocycles. The molecule has 2 heterocycles. The average molecular weight is 316 g/mol. The summed E-state index contributed by atoms with van der Waals surface area (Å²) in [5.74, 6) is 1.03. The Morgan fingerprint density at radius 1 is 1.39 bits per heavy atom. The van der Waals surface area contributed by atoms with Crippen LogP contribution in [0.1, 0.15) is 29.0 Å². The molecule has 1 atom stereocenters. The minimum Gasteiger partial charge on any atom is -0.491 e. The van der Waals surface area contributed by atoms with Crippen molar-refractivity contribution in [1.82, 2.24) is 0 Å². The number of hydrogen-bond donors (Lipinski definition) is 2. The molecule has 1 saturated heterocycles. The van der Waals surface area contributed by atoms with Crippen molar-refractivity contribution >= 4 is 11.6 Å². The lowest BCUT2D eigenvalue weighted by Crippen LogP contribution is -2.16. The summed E-state index contributed by atoms with van der Waals surface area (Å²) in [7, 11) is 0. The van der Waals surface area contributed by atoms with Crippen LogP contribution in [0.2, 0.25) is 0 Å². The van der Waals surface area contributed by atoms with Gasteiger partial charge in [0.25, 0.3) is 5.91 Å². The molecule has 0 saturated carbocycles. The van der Waals surface area contributed by atoms with E-state index in [-0.39, 0.29) is 18.6 Å². The summed E-state index contributed by atoms with van der Waals surface area (Å²) < 4.78 is 16.4. The van der Waals surface area contributed by atoms with Gasteiger partial charge < -0.3 is 24.9 Å². The number of anilines is 1. The zero-order valence-electron chi connectivity index (χ0n) is 12.8. The van der Waals surface area contributed by atoms with Gasteiger partial charge in [0.15, 0.2) is 0 Å². The Kier molecular flexibility index (Phi) is 4.95. The van der Waals surface area contributed by atoms with Gasteiger partial charge in [0, 0.05) is 18.4 Å². The number of nitrogens with one attached hydrogen (secondary N) is 1. The van der Waals surface area contributed by atoms with Crippen LogP contribution in [0, 0.1) is 0 Å². The standard InChI is InChI=1S/C17H20N2O4/c18-9-16-7-12(10-22-16)17(20)19-13-3-1-4-14(8-13)23-11-15-5-2-6-21-15/h1,3-4,7-8,10,15H,2,5-6,9,11,18H2,(H,19,20). The first-order valence-corrected chi connectivity index (χ1v) is 7.68. The van der Waals surface area contributed by atoms with Crippen molar-refractivity contribution in [3.63, 3.8) is 0 Å². The van der Waals surface area contributed by atoms with Crippen LogP contribution < -0.4 is 15.8 Å². The monoisotopic (exact) mass is 316 g/mol. The van der Waals surface area contributed by atoms with Gasteiger partial charge in [-0.25, -0.2) is 0 Å². The van der Waals surface area contributed by atoms with E-state index < -0.39 is 0 Å². The third-order valence-corrected chi connectivity index (χ3v) is 3.67. The van der Waals surface area contributed by atoms with E-state index in [1.165, 1.54) is 6.26 Å². The molecular weight excluding hydrogens is 296 g/mol. The van der Waals surface area contributed by atoms with Gasteiger partial charge in [-0.15, -0.1) is 0 Å². The van der Waals surface area contributed by atoms with E-state index in [1.807, 2.05) is 12.1 Å². The molecule has 6 nitrogen and oxygen atoms in total. The van der Waals surface area contributed by atoms with E-state index in [4.69, 9.17) is 19.6 Å². The lowest BCUT2D eigenvalue weighted by Gasteiger charge is -2.12. The van der Waals surface area contributed by atoms with Gasteiger partial charge in [-0.1, -0.05) is 6.07 Å². The normalized spacial score (nSPS) is 17.2. The maximum Gasteiger partial charge on any atom is 0.258 e. The van der Waals surface area contributed by atoms with E-state index in [2.05, 4.69) is 5.32 Å². The fraction of sp³-hybridized carbons (Fsp3) is 0.353. The number of benzene rings is 1. The van der Waals surface area contributed by atoms with E-state index in [0.717, 1.165) is 19.4 Å². The number of furan rings is 1. The second-order valence-electron chi connectivity index (χ2n) is 5.43. The number of carbonyl (C=O) groups is 1. The minimum atomic E-state index is -0.246. The van der Waals surface area contributed by atoms with E-state index >= 15 is 0 Å². The number of amides is 1. The summed E-state index contributed by atoms with van der Waals surface area (Å²) in [5, 5.41) is 2.81. The number of ether oxygens (including phenoxy) is 2. The molecular formula is C17H20N2O4. The minimum absolute atomic E-state index is 0.161. The Labute approximate surface area is 134 Å². The van der Waals surface area contributed by atoms with Gasteiger partial charge in [-0.3, -0.25) is 4.79 Å². The van der Waals surface area contributed by atoms with Gasteiger partial charge >= 0.3 is 0 Å². The fourth-order valence-corrected chi connectivity index (χ4v) is 2.44. The first-order valence-electron chi connectivity index (χ1n) is 7.68. The molecule has 1 aromatic carbocycles. The first kappa shape index (κ1) is 15.6. The predicted molar refractivity (Wildman–Crippen MR) is 85.5 cm³/mol. The van der Waals surface area contributed by atoms with Gasteiger partial charge in [0.1, 0.15) is 24.4 Å². The summed E-state index contributed by atoms with van der Waals surface area (Å²) in [6.45, 7) is 1.60. The largest absolute Gasteiger partial charge is 0.491 e. The zero-order valence-corrected chi connectivity index (χ0v) is 12.8. The quantitative estimate of drug-likeness (QED) is 0.855. The summed E-state index contributed by atoms with van der Waals surface area (Å²) in [6.07, 6.45) is 3.67. The maximum atomic E-state index is 12.1. The van der Waals surface area contributed by atoms with Crippen molar-refractivity contribution in [2.45, 2.75) is 25.5 Å². The van der Waals surface area contributed by atoms with Crippen molar-refractivity contribution in [2.75, 3.05) is 18.5 Å². The van der Waals surface area contributed by atoms with E-state index in [0.29, 0.717) is 29.4 Å². The van der Waals surface area contributed by atoms with Crippen molar-refractivity contribution in [3.05, 3.63) is 47.9 Å². The Hall–Kier alpha value is -2.31. The Morgan fingerprint density at radius 3 is 3.04 bits per heavy atom. The van der Waals surface area contributed by atoms with Crippen LogP contribution in [0.4, 0.5) is 5.69 Å². The smallest absolute Gasteiger partial charge is 0.258 e. The highest BCUT2D eigenvalue weighted by Crippen LogP contribution is 2.20. The number of rotatable bonds is 6. The second kappa shape index (κ2) is 7.30. The lowest BCUT2D eigenvalue weighted by atomic mass is 10.2. The van der Waals surface area contributed by atoms with Crippen LogP contribution in [0.5, 0.6) is 5.75 Å². The van der Waals surface area contributed by atoms with Crippen molar-refractivity contribution in [3.8, 4) is 5.75 Å². The molecule has 122 valence electrons. The van der Waals surface area contributed by atoms with Crippen molar-refractivity contribution < 1.29 is 18.7 Å². The summed E-state index contributed by atoms with van der Waals surface area (Å²) >= 11 is 0. The number of hydrogen-bond acceptors (Lipinski definition) is 5. The van der Waals surface area contributed by atoms with Crippen LogP contribution in [0.15, 0.2) is 41.0 Å². The topological polar surface area (TPSA) is 86.7 Å². The molecule has 3 rings (SSSR count). The summed E-state index contributed by atoms with van der Waals surface area (Å²) in [5.41, 5.74) is 6.57. The van der Waals surface area contributed by atoms with Gasteiger partial charge in [-0.05, 0) is 31.0 Å². The van der Waals surface area contributed by atoms with Crippen molar-refractivity contribution in [1.29, 1.82) is 0 Å². The molecule has 3 N–H and O–H groups in total. The fourth-order valence-electron chi connectivity index (χ4n) is 2.44. The molecule has 1 amide bonds. The first-order chi connectivity index (χ1) is 11.2. The molecule has 0 radical (unpaired) electrons. The molecule has 2 aromatic rings. The molecule has 1 aliphatic rings. The maximum absolute atomic E-state index is 12.1. The Balaban J connectivity index is 1.59. The molecule has 0 bridgehead atoms. The Morgan fingerprint density at radius 2 is 2.30 bits per heavy atom. The SMILES string of the molecule is NCc1cc(C(=O)Nc2cccc(OCC3CCCO3)c2)co1. The van der Waals surface area contributed by atoms with Crippen molar-refractivity contribution in [2.24, 2.45) is 5.73 Å². The Bertz CT molecular complexity index is 662. The summed E-state index contributed by atoms with van der Waals surface area (Å²) in [6, 6.07) is 8.92. The highest BCUT2D eigenvalue weighted by molar-refractivity contribution is 6.04. The van der Waals surface area contributed by atoms with Crippen LogP contribution in [-0.4, -0.2) is 25.2 Å². The van der Waals surface area contributed by atoms with Gasteiger partial charge in [-0.2, -0.15) is 0 Å². The highest BCUT2D eigenvalue weighted by Gasteiger charge is 2.16. The zero-order chi connectivity index (χ0) is 16.1. The van der Waals surface area contributed by atoms with Gasteiger partial charge in [0.05, 0.1) is 18.2 Å². The molecule has 1 aromatic heterocycles. The second-order valence-corrected chi connectivity index (χ2v) is 5.43. The highest BCUT2D eigenvalue weighted by atomic mass is 16.5. The average Bonchev–Trinajstić information content (AvgIpc) is 3.25. The molecule has 1 aliphatic heterocycles. The summed E-state index contributed by atoms with van der Waals surface area (Å²) in [4.78, 5) is 12.1. The van der Waals surface area contributed by atoms with Crippen LogP contribution in [-0.2, 0) is 11.3 Å². The third-order valence-electron chi connectivity index (χ3n) is 3.67. The van der Waals surface area contributed by atoms with Gasteiger partial charge in [0.2, 0.25) is 0 Å². The van der Waals surface area contributed by atoms with Crippen LogP contribution >= 0.6 is 0 Å². The predicted octanol–water partition coefficient (Wildman–Crippen LogP) is 2.55. The third kappa shape index (κ3) is 4.12.